The molecule has 0 aliphatic heterocycles. The Morgan fingerprint density at radius 3 is 2.09 bits per heavy atom. The summed E-state index contributed by atoms with van der Waals surface area (Å²) in [7, 11) is -4.49. The van der Waals surface area contributed by atoms with E-state index in [9.17, 15) is 18.0 Å². The van der Waals surface area contributed by atoms with Gasteiger partial charge in [-0.1, -0.05) is 40.0 Å². The summed E-state index contributed by atoms with van der Waals surface area (Å²) in [6.45, 7) is 5.68. The standard InChI is InChI=1S/C14H26O7S/c1-4-7-8-11-14(5-2,6-3)21-22(18,19)20-13(17)10-9-12(15)16/h4-11H2,1-3H3,(H,15,16). The predicted octanol–water partition coefficient (Wildman–Crippen LogP) is 2.79. The van der Waals surface area contributed by atoms with Crippen LogP contribution in [-0.2, 0) is 28.4 Å². The lowest BCUT2D eigenvalue weighted by atomic mass is 9.91. The second-order valence-electron chi connectivity index (χ2n) is 5.19. The van der Waals surface area contributed by atoms with Crippen molar-refractivity contribution in [3.05, 3.63) is 0 Å². The summed E-state index contributed by atoms with van der Waals surface area (Å²) in [4.78, 5) is 21.7. The van der Waals surface area contributed by atoms with Crippen LogP contribution < -0.4 is 0 Å². The van der Waals surface area contributed by atoms with E-state index in [0.29, 0.717) is 19.3 Å². The zero-order valence-electron chi connectivity index (χ0n) is 13.5. The summed E-state index contributed by atoms with van der Waals surface area (Å²) in [6, 6.07) is 0. The molecule has 0 aliphatic carbocycles. The van der Waals surface area contributed by atoms with Crippen LogP contribution in [0.2, 0.25) is 0 Å². The molecular formula is C14H26O7S. The van der Waals surface area contributed by atoms with Gasteiger partial charge in [-0.05, 0) is 19.3 Å². The van der Waals surface area contributed by atoms with Gasteiger partial charge >= 0.3 is 22.3 Å². The summed E-state index contributed by atoms with van der Waals surface area (Å²) in [5.41, 5.74) is -0.888. The molecule has 0 amide bonds. The number of aliphatic carboxylic acids is 1. The maximum atomic E-state index is 11.8. The summed E-state index contributed by atoms with van der Waals surface area (Å²) in [6.07, 6.45) is 3.28. The smallest absolute Gasteiger partial charge is 0.452 e. The number of rotatable bonds is 12. The van der Waals surface area contributed by atoms with Crippen molar-refractivity contribution in [2.45, 2.75) is 77.7 Å². The molecule has 0 radical (unpaired) electrons. The molecule has 0 aromatic heterocycles. The molecule has 22 heavy (non-hydrogen) atoms. The second kappa shape index (κ2) is 9.78. The van der Waals surface area contributed by atoms with Crippen LogP contribution in [0, 0.1) is 0 Å². The Hall–Kier alpha value is -1.15. The Bertz CT molecular complexity index is 452. The molecule has 130 valence electrons. The zero-order valence-corrected chi connectivity index (χ0v) is 14.3. The van der Waals surface area contributed by atoms with Gasteiger partial charge in [-0.15, -0.1) is 0 Å². The van der Waals surface area contributed by atoms with Gasteiger partial charge in [-0.2, -0.15) is 8.42 Å². The first kappa shape index (κ1) is 20.9. The number of carbonyl (C=O) groups is 2. The van der Waals surface area contributed by atoms with Crippen molar-refractivity contribution in [3.63, 3.8) is 0 Å². The zero-order chi connectivity index (χ0) is 17.2. The predicted molar refractivity (Wildman–Crippen MR) is 80.4 cm³/mol. The average molecular weight is 338 g/mol. The quantitative estimate of drug-likeness (QED) is 0.545. The lowest BCUT2D eigenvalue weighted by Crippen LogP contribution is -2.35. The van der Waals surface area contributed by atoms with Crippen LogP contribution in [0.3, 0.4) is 0 Å². The van der Waals surface area contributed by atoms with Gasteiger partial charge in [0, 0.05) is 0 Å². The minimum atomic E-state index is -4.49. The van der Waals surface area contributed by atoms with E-state index < -0.39 is 40.8 Å². The molecule has 8 heteroatoms. The van der Waals surface area contributed by atoms with Crippen molar-refractivity contribution in [2.75, 3.05) is 0 Å². The molecule has 0 saturated carbocycles. The molecule has 7 nitrogen and oxygen atoms in total. The lowest BCUT2D eigenvalue weighted by Gasteiger charge is -2.30. The second-order valence-corrected chi connectivity index (χ2v) is 6.34. The fourth-order valence-corrected chi connectivity index (χ4v) is 3.16. The normalized spacial score (nSPS) is 12.1. The summed E-state index contributed by atoms with van der Waals surface area (Å²) in [5.74, 6) is -2.33. The van der Waals surface area contributed by atoms with Gasteiger partial charge in [0.1, 0.15) is 0 Å². The van der Waals surface area contributed by atoms with Gasteiger partial charge in [0.15, 0.2) is 0 Å². The molecule has 0 atom stereocenters. The van der Waals surface area contributed by atoms with Gasteiger partial charge in [-0.3, -0.25) is 9.59 Å². The third-order valence-electron chi connectivity index (χ3n) is 3.54. The average Bonchev–Trinajstić information content (AvgIpc) is 2.43. The van der Waals surface area contributed by atoms with E-state index in [1.54, 1.807) is 0 Å². The molecule has 0 saturated heterocycles. The largest absolute Gasteiger partial charge is 0.481 e. The van der Waals surface area contributed by atoms with E-state index in [4.69, 9.17) is 9.29 Å². The summed E-state index contributed by atoms with van der Waals surface area (Å²) >= 11 is 0. The van der Waals surface area contributed by atoms with Crippen LogP contribution in [0.25, 0.3) is 0 Å². The molecule has 0 spiro atoms. The Balaban J connectivity index is 4.73. The highest BCUT2D eigenvalue weighted by atomic mass is 32.3. The van der Waals surface area contributed by atoms with E-state index in [1.807, 2.05) is 20.8 Å². The topological polar surface area (TPSA) is 107 Å². The SMILES string of the molecule is CCCCCC(CC)(CC)OS(=O)(=O)OC(=O)CCC(=O)O. The van der Waals surface area contributed by atoms with Crippen molar-refractivity contribution in [3.8, 4) is 0 Å². The van der Waals surface area contributed by atoms with Crippen molar-refractivity contribution in [1.29, 1.82) is 0 Å². The van der Waals surface area contributed by atoms with Crippen LogP contribution in [0.15, 0.2) is 0 Å². The van der Waals surface area contributed by atoms with Gasteiger partial charge in [0.05, 0.1) is 18.4 Å². The summed E-state index contributed by atoms with van der Waals surface area (Å²) in [5, 5.41) is 8.46. The first-order chi connectivity index (χ1) is 10.2. The minimum absolute atomic E-state index is 0.471. The third-order valence-corrected chi connectivity index (χ3v) is 4.49. The number of hydrogen-bond donors (Lipinski definition) is 1. The summed E-state index contributed by atoms with van der Waals surface area (Å²) < 4.78 is 33.1. The monoisotopic (exact) mass is 338 g/mol. The highest BCUT2D eigenvalue weighted by Gasteiger charge is 2.35. The number of carboxylic acids is 1. The fraction of sp³-hybridized carbons (Fsp3) is 0.857. The maximum Gasteiger partial charge on any atom is 0.452 e. The van der Waals surface area contributed by atoms with Crippen molar-refractivity contribution in [1.82, 2.24) is 0 Å². The molecule has 0 rings (SSSR count). The first-order valence-corrected chi connectivity index (χ1v) is 8.93. The number of unbranched alkanes of at least 4 members (excludes halogenated alkanes) is 2. The van der Waals surface area contributed by atoms with Crippen molar-refractivity contribution < 1.29 is 31.5 Å². The lowest BCUT2D eigenvalue weighted by molar-refractivity contribution is -0.142. The van der Waals surface area contributed by atoms with E-state index in [0.717, 1.165) is 19.3 Å². The molecule has 1 N–H and O–H groups in total. The Kier molecular flexibility index (Phi) is 9.27. The Morgan fingerprint density at radius 1 is 1.05 bits per heavy atom. The molecule has 0 unspecified atom stereocenters. The van der Waals surface area contributed by atoms with Gasteiger partial charge in [0.25, 0.3) is 0 Å². The molecule has 0 fully saturated rings. The van der Waals surface area contributed by atoms with Gasteiger partial charge < -0.3 is 9.29 Å². The molecule has 0 aromatic rings. The minimum Gasteiger partial charge on any atom is -0.481 e. The molecule has 0 aliphatic rings. The first-order valence-electron chi connectivity index (χ1n) is 7.60. The Labute approximate surface area is 132 Å². The maximum absolute atomic E-state index is 11.8. The van der Waals surface area contributed by atoms with Crippen LogP contribution in [-0.4, -0.2) is 31.1 Å². The molecule has 0 aromatic carbocycles. The Morgan fingerprint density at radius 2 is 1.64 bits per heavy atom. The highest BCUT2D eigenvalue weighted by molar-refractivity contribution is 7.82. The van der Waals surface area contributed by atoms with Gasteiger partial charge in [0.2, 0.25) is 0 Å². The van der Waals surface area contributed by atoms with Crippen LogP contribution in [0.1, 0.15) is 72.1 Å². The molecular weight excluding hydrogens is 312 g/mol. The van der Waals surface area contributed by atoms with Crippen LogP contribution in [0.4, 0.5) is 0 Å². The number of hydrogen-bond acceptors (Lipinski definition) is 6. The van der Waals surface area contributed by atoms with Crippen molar-refractivity contribution >= 4 is 22.3 Å². The van der Waals surface area contributed by atoms with E-state index >= 15 is 0 Å². The third kappa shape index (κ3) is 8.33. The fourth-order valence-electron chi connectivity index (χ4n) is 2.06. The number of carbonyl (C=O) groups excluding carboxylic acids is 1. The number of carboxylic acid groups (broad SMARTS) is 1. The molecule has 0 bridgehead atoms. The van der Waals surface area contributed by atoms with E-state index in [1.165, 1.54) is 0 Å². The van der Waals surface area contributed by atoms with E-state index in [2.05, 4.69) is 4.18 Å². The molecule has 0 heterocycles. The van der Waals surface area contributed by atoms with Gasteiger partial charge in [-0.25, -0.2) is 4.18 Å². The van der Waals surface area contributed by atoms with Crippen molar-refractivity contribution in [2.24, 2.45) is 0 Å². The highest BCUT2D eigenvalue weighted by Crippen LogP contribution is 2.30. The van der Waals surface area contributed by atoms with Crippen LogP contribution >= 0.6 is 0 Å². The van der Waals surface area contributed by atoms with E-state index in [-0.39, 0.29) is 0 Å². The van der Waals surface area contributed by atoms with Crippen LogP contribution in [0.5, 0.6) is 0 Å².